The fourth-order valence-electron chi connectivity index (χ4n) is 4.75. The topological polar surface area (TPSA) is 81.0 Å². The Hall–Kier alpha value is -3.69. The van der Waals surface area contributed by atoms with Crippen LogP contribution in [0.2, 0.25) is 0 Å². The molecule has 2 fully saturated rings. The van der Waals surface area contributed by atoms with E-state index in [4.69, 9.17) is 13.9 Å². The molecule has 1 aromatic heterocycles. The first-order chi connectivity index (χ1) is 18.9. The molecule has 3 aromatic rings. The number of ether oxygens (including phenoxy) is 2. The lowest BCUT2D eigenvalue weighted by Crippen LogP contribution is -2.42. The number of amides is 2. The van der Waals surface area contributed by atoms with E-state index in [0.29, 0.717) is 28.0 Å². The molecule has 2 aromatic carbocycles. The van der Waals surface area contributed by atoms with E-state index < -0.39 is 42.2 Å². The monoisotopic (exact) mass is 558 g/mol. The molecule has 1 saturated heterocycles. The lowest BCUT2D eigenvalue weighted by atomic mass is 9.96. The molecule has 214 valence electrons. The second-order valence-corrected chi connectivity index (χ2v) is 11.5. The molecule has 5 rings (SSSR count). The van der Waals surface area contributed by atoms with Crippen LogP contribution in [-0.2, 0) is 11.3 Å². The van der Waals surface area contributed by atoms with E-state index in [2.05, 4.69) is 5.32 Å². The molecular formula is C30H33F3N2O5. The number of rotatable bonds is 6. The predicted octanol–water partition coefficient (Wildman–Crippen LogP) is 7.07. The van der Waals surface area contributed by atoms with Crippen molar-refractivity contribution in [1.29, 1.82) is 0 Å². The zero-order valence-corrected chi connectivity index (χ0v) is 22.8. The summed E-state index contributed by atoms with van der Waals surface area (Å²) in [5.74, 6) is -2.91. The molecule has 0 radical (unpaired) electrons. The molecule has 1 N–H and O–H groups in total. The summed E-state index contributed by atoms with van der Waals surface area (Å²) in [6.45, 7) is 5.27. The summed E-state index contributed by atoms with van der Waals surface area (Å²) in [5, 5.41) is 3.34. The van der Waals surface area contributed by atoms with Crippen LogP contribution in [0.15, 0.2) is 40.8 Å². The van der Waals surface area contributed by atoms with Crippen LogP contribution in [0, 0.1) is 5.82 Å². The van der Waals surface area contributed by atoms with Gasteiger partial charge in [0.2, 0.25) is 0 Å². The zero-order chi connectivity index (χ0) is 28.7. The molecule has 10 heteroatoms. The summed E-state index contributed by atoms with van der Waals surface area (Å²) in [5.41, 5.74) is 0.756. The van der Waals surface area contributed by atoms with Crippen molar-refractivity contribution in [2.24, 2.45) is 0 Å². The van der Waals surface area contributed by atoms with Crippen molar-refractivity contribution in [3.8, 4) is 16.9 Å². The molecule has 0 unspecified atom stereocenters. The van der Waals surface area contributed by atoms with E-state index in [0.717, 1.165) is 25.3 Å². The number of alkyl halides is 2. The Morgan fingerprint density at radius 3 is 2.45 bits per heavy atom. The molecular weight excluding hydrogens is 525 g/mol. The summed E-state index contributed by atoms with van der Waals surface area (Å²) < 4.78 is 59.9. The van der Waals surface area contributed by atoms with Gasteiger partial charge >= 0.3 is 6.09 Å². The highest BCUT2D eigenvalue weighted by Gasteiger charge is 2.36. The predicted molar refractivity (Wildman–Crippen MR) is 143 cm³/mol. The first-order valence-corrected chi connectivity index (χ1v) is 13.5. The van der Waals surface area contributed by atoms with Crippen molar-refractivity contribution >= 4 is 23.0 Å². The number of hydrogen-bond acceptors (Lipinski definition) is 5. The van der Waals surface area contributed by atoms with Crippen molar-refractivity contribution in [3.05, 3.63) is 53.5 Å². The van der Waals surface area contributed by atoms with E-state index in [-0.39, 0.29) is 36.9 Å². The van der Waals surface area contributed by atoms with Crippen LogP contribution in [0.5, 0.6) is 5.75 Å². The minimum atomic E-state index is -2.78. The Labute approximate surface area is 230 Å². The van der Waals surface area contributed by atoms with Gasteiger partial charge in [-0.2, -0.15) is 0 Å². The third-order valence-electron chi connectivity index (χ3n) is 7.09. The maximum atomic E-state index is 15.4. The smallest absolute Gasteiger partial charge is 0.408 e. The number of benzene rings is 2. The number of nitrogens with zero attached hydrogens (tertiary/aromatic N) is 1. The number of furan rings is 1. The largest absolute Gasteiger partial charge is 0.486 e. The van der Waals surface area contributed by atoms with E-state index in [1.807, 2.05) is 0 Å². The van der Waals surface area contributed by atoms with Crippen LogP contribution in [0.1, 0.15) is 69.0 Å². The number of halogens is 3. The third kappa shape index (κ3) is 6.37. The van der Waals surface area contributed by atoms with Crippen molar-refractivity contribution in [3.63, 3.8) is 0 Å². The lowest BCUT2D eigenvalue weighted by molar-refractivity contribution is -0.0494. The van der Waals surface area contributed by atoms with Crippen LogP contribution in [-0.4, -0.2) is 47.6 Å². The van der Waals surface area contributed by atoms with Crippen LogP contribution >= 0.6 is 0 Å². The van der Waals surface area contributed by atoms with Gasteiger partial charge in [-0.1, -0.05) is 6.07 Å². The number of piperidine rings is 1. The number of carbonyl (C=O) groups is 2. The zero-order valence-electron chi connectivity index (χ0n) is 22.8. The van der Waals surface area contributed by atoms with Crippen molar-refractivity contribution < 1.29 is 36.7 Å². The molecule has 1 saturated carbocycles. The number of likely N-dealkylation sites (tertiary alicyclic amines) is 1. The van der Waals surface area contributed by atoms with E-state index in [1.54, 1.807) is 39.0 Å². The Kier molecular flexibility index (Phi) is 7.46. The van der Waals surface area contributed by atoms with Gasteiger partial charge < -0.3 is 24.1 Å². The standard InChI is InChI=1S/C30H33F3N2O5/c1-29(2,3)40-28(37)34-17-22-14-20-13-19(16-25(26(20)39-22)38-21-5-4-6-21)23-8-7-18(15-24(23)31)27(36)35-11-9-30(32,33)10-12-35/h7-8,13-16,21H,4-6,9-12,17H2,1-3H3,(H,34,37). The average molecular weight is 559 g/mol. The normalized spacial score (nSPS) is 17.4. The minimum Gasteiger partial charge on any atom is -0.486 e. The second kappa shape index (κ2) is 10.7. The Morgan fingerprint density at radius 2 is 1.82 bits per heavy atom. The average Bonchev–Trinajstić information content (AvgIpc) is 3.26. The Bertz CT molecular complexity index is 1410. The van der Waals surface area contributed by atoms with E-state index in [1.165, 1.54) is 17.0 Å². The number of carbonyl (C=O) groups excluding carboxylic acids is 2. The maximum Gasteiger partial charge on any atom is 0.408 e. The van der Waals surface area contributed by atoms with Crippen molar-refractivity contribution in [2.45, 2.75) is 77.0 Å². The summed E-state index contributed by atoms with van der Waals surface area (Å²) in [6, 6.07) is 9.40. The van der Waals surface area contributed by atoms with Crippen LogP contribution in [0.3, 0.4) is 0 Å². The maximum absolute atomic E-state index is 15.4. The highest BCUT2D eigenvalue weighted by Crippen LogP contribution is 2.38. The number of nitrogens with one attached hydrogen (secondary N) is 1. The van der Waals surface area contributed by atoms with E-state index >= 15 is 4.39 Å². The molecule has 1 aliphatic carbocycles. The van der Waals surface area contributed by atoms with Gasteiger partial charge in [-0.05, 0) is 75.9 Å². The first kappa shape index (κ1) is 27.9. The SMILES string of the molecule is CC(C)(C)OC(=O)NCc1cc2cc(-c3ccc(C(=O)N4CCC(F)(F)CC4)cc3F)cc(OC3CCC3)c2o1. The minimum absolute atomic E-state index is 0.0358. The summed E-state index contributed by atoms with van der Waals surface area (Å²) in [7, 11) is 0. The van der Waals surface area contributed by atoms with Gasteiger partial charge in [0.1, 0.15) is 17.2 Å². The molecule has 2 amide bonds. The van der Waals surface area contributed by atoms with Crippen molar-refractivity contribution in [1.82, 2.24) is 10.2 Å². The van der Waals surface area contributed by atoms with Gasteiger partial charge in [-0.15, -0.1) is 0 Å². The molecule has 0 bridgehead atoms. The molecule has 7 nitrogen and oxygen atoms in total. The molecule has 2 heterocycles. The summed E-state index contributed by atoms with van der Waals surface area (Å²) >= 11 is 0. The molecule has 0 atom stereocenters. The molecule has 0 spiro atoms. The van der Waals surface area contributed by atoms with Crippen LogP contribution in [0.25, 0.3) is 22.1 Å². The van der Waals surface area contributed by atoms with Gasteiger partial charge in [0, 0.05) is 42.4 Å². The van der Waals surface area contributed by atoms with Crippen LogP contribution < -0.4 is 10.1 Å². The van der Waals surface area contributed by atoms with Gasteiger partial charge in [0.15, 0.2) is 11.3 Å². The van der Waals surface area contributed by atoms with Crippen molar-refractivity contribution in [2.75, 3.05) is 13.1 Å². The highest BCUT2D eigenvalue weighted by molar-refractivity contribution is 5.95. The fourth-order valence-corrected chi connectivity index (χ4v) is 4.75. The Balaban J connectivity index is 1.40. The van der Waals surface area contributed by atoms with Gasteiger partial charge in [-0.3, -0.25) is 4.79 Å². The summed E-state index contributed by atoms with van der Waals surface area (Å²) in [6.07, 6.45) is 1.55. The van der Waals surface area contributed by atoms with Gasteiger partial charge in [0.25, 0.3) is 11.8 Å². The van der Waals surface area contributed by atoms with E-state index in [9.17, 15) is 18.4 Å². The van der Waals surface area contributed by atoms with Gasteiger partial charge in [0.05, 0.1) is 12.6 Å². The summed E-state index contributed by atoms with van der Waals surface area (Å²) in [4.78, 5) is 26.3. The number of fused-ring (bicyclic) bond motifs is 1. The quantitative estimate of drug-likeness (QED) is 0.350. The molecule has 40 heavy (non-hydrogen) atoms. The third-order valence-corrected chi connectivity index (χ3v) is 7.09. The lowest BCUT2D eigenvalue weighted by Gasteiger charge is -2.31. The number of alkyl carbamates (subject to hydrolysis) is 1. The molecule has 2 aliphatic rings. The Morgan fingerprint density at radius 1 is 1.10 bits per heavy atom. The van der Waals surface area contributed by atoms with Gasteiger partial charge in [-0.25, -0.2) is 18.0 Å². The highest BCUT2D eigenvalue weighted by atomic mass is 19.3. The second-order valence-electron chi connectivity index (χ2n) is 11.5. The number of hydrogen-bond donors (Lipinski definition) is 1. The fraction of sp³-hybridized carbons (Fsp3) is 0.467. The first-order valence-electron chi connectivity index (χ1n) is 13.5. The molecule has 1 aliphatic heterocycles. The van der Waals surface area contributed by atoms with Crippen LogP contribution in [0.4, 0.5) is 18.0 Å².